The summed E-state index contributed by atoms with van der Waals surface area (Å²) in [5.74, 6) is 1.31. The number of benzene rings is 3. The van der Waals surface area contributed by atoms with Gasteiger partial charge in [-0.1, -0.05) is 30.7 Å². The average molecular weight is 506 g/mol. The van der Waals surface area contributed by atoms with Gasteiger partial charge in [-0.05, 0) is 60.9 Å². The first kappa shape index (κ1) is 22.9. The van der Waals surface area contributed by atoms with Crippen molar-refractivity contribution >= 4 is 21.6 Å². The zero-order valence-electron chi connectivity index (χ0n) is 19.7. The van der Waals surface area contributed by atoms with Crippen molar-refractivity contribution in [1.82, 2.24) is 9.21 Å². The van der Waals surface area contributed by atoms with Crippen LogP contribution in [0.1, 0.15) is 46.9 Å². The quantitative estimate of drug-likeness (QED) is 0.536. The summed E-state index contributed by atoms with van der Waals surface area (Å²) >= 11 is 0. The lowest BCUT2D eigenvalue weighted by Crippen LogP contribution is -2.35. The molecule has 0 spiro atoms. The molecule has 3 heterocycles. The van der Waals surface area contributed by atoms with Gasteiger partial charge in [0.05, 0.1) is 4.90 Å². The van der Waals surface area contributed by atoms with Crippen LogP contribution in [0.2, 0.25) is 0 Å². The van der Waals surface area contributed by atoms with E-state index in [1.165, 1.54) is 0 Å². The largest absolute Gasteiger partial charge is 0.454 e. The number of carbonyl (C=O) groups excluding carboxylic acids is 1. The third-order valence-electron chi connectivity index (χ3n) is 6.96. The lowest BCUT2D eigenvalue weighted by molar-refractivity contribution is 0.0728. The monoisotopic (exact) mass is 505 g/mol. The van der Waals surface area contributed by atoms with E-state index in [4.69, 9.17) is 9.47 Å². The van der Waals surface area contributed by atoms with Crippen molar-refractivity contribution in [3.63, 3.8) is 0 Å². The molecule has 3 aliphatic heterocycles. The van der Waals surface area contributed by atoms with Crippen LogP contribution in [0.25, 0.3) is 0 Å². The Kier molecular flexibility index (Phi) is 5.81. The molecule has 0 bridgehead atoms. The summed E-state index contributed by atoms with van der Waals surface area (Å²) in [4.78, 5) is 15.4. The molecule has 0 radical (unpaired) electrons. The van der Waals surface area contributed by atoms with Gasteiger partial charge in [-0.3, -0.25) is 4.79 Å². The number of nitrogens with one attached hydrogen (secondary N) is 1. The third-order valence-corrected chi connectivity index (χ3v) is 8.87. The Bertz CT molecular complexity index is 1400. The first-order chi connectivity index (χ1) is 17.5. The molecular formula is C27H27N3O5S. The Balaban J connectivity index is 1.26. The minimum absolute atomic E-state index is 0.0648. The van der Waals surface area contributed by atoms with Crippen LogP contribution < -0.4 is 14.8 Å². The number of hydrogen-bond donors (Lipinski definition) is 1. The summed E-state index contributed by atoms with van der Waals surface area (Å²) in [6.07, 6.45) is 2.46. The first-order valence-electron chi connectivity index (χ1n) is 12.2. The molecular weight excluding hydrogens is 478 g/mol. The van der Waals surface area contributed by atoms with E-state index in [2.05, 4.69) is 5.32 Å². The smallest absolute Gasteiger partial charge is 0.256 e. The van der Waals surface area contributed by atoms with Crippen molar-refractivity contribution in [2.75, 3.05) is 25.2 Å². The van der Waals surface area contributed by atoms with E-state index in [-0.39, 0.29) is 17.6 Å². The Morgan fingerprint density at radius 2 is 1.64 bits per heavy atom. The molecule has 36 heavy (non-hydrogen) atoms. The molecule has 1 amide bonds. The fourth-order valence-electron chi connectivity index (χ4n) is 5.06. The molecule has 1 saturated heterocycles. The molecule has 1 atom stereocenters. The lowest BCUT2D eigenvalue weighted by atomic mass is 10.1. The summed E-state index contributed by atoms with van der Waals surface area (Å²) in [5.41, 5.74) is 3.20. The molecule has 186 valence electrons. The van der Waals surface area contributed by atoms with Crippen LogP contribution in [0.5, 0.6) is 11.5 Å². The number of carbonyl (C=O) groups is 1. The van der Waals surface area contributed by atoms with Crippen LogP contribution in [-0.4, -0.2) is 43.4 Å². The van der Waals surface area contributed by atoms with E-state index in [9.17, 15) is 13.2 Å². The van der Waals surface area contributed by atoms with Gasteiger partial charge in [-0.25, -0.2) is 8.42 Å². The fourth-order valence-corrected chi connectivity index (χ4v) is 6.58. The first-order valence-corrected chi connectivity index (χ1v) is 13.6. The molecule has 1 N–H and O–H groups in total. The number of fused-ring (bicyclic) bond motifs is 2. The van der Waals surface area contributed by atoms with E-state index >= 15 is 0 Å². The minimum Gasteiger partial charge on any atom is -0.454 e. The van der Waals surface area contributed by atoms with Crippen molar-refractivity contribution in [2.24, 2.45) is 0 Å². The highest BCUT2D eigenvalue weighted by atomic mass is 32.2. The number of rotatable bonds is 6. The molecule has 3 aromatic rings. The predicted octanol–water partition coefficient (Wildman–Crippen LogP) is 4.36. The highest BCUT2D eigenvalue weighted by Gasteiger charge is 2.37. The van der Waals surface area contributed by atoms with Crippen molar-refractivity contribution < 1.29 is 22.7 Å². The second kappa shape index (κ2) is 9.15. The molecule has 3 aromatic carbocycles. The molecule has 0 unspecified atom stereocenters. The summed E-state index contributed by atoms with van der Waals surface area (Å²) in [6.45, 7) is 1.71. The molecule has 1 fully saturated rings. The van der Waals surface area contributed by atoms with Crippen molar-refractivity contribution in [3.8, 4) is 11.5 Å². The number of amides is 1. The number of sulfonamides is 1. The number of hydrogen-bond acceptors (Lipinski definition) is 6. The van der Waals surface area contributed by atoms with E-state index in [1.54, 1.807) is 33.5 Å². The van der Waals surface area contributed by atoms with Gasteiger partial charge in [-0.15, -0.1) is 0 Å². The zero-order chi connectivity index (χ0) is 24.7. The normalized spacial score (nSPS) is 19.4. The Labute approximate surface area is 210 Å². The van der Waals surface area contributed by atoms with Gasteiger partial charge in [0.15, 0.2) is 11.5 Å². The standard InChI is InChI=1S/C27H27N3O5S/c31-27-23-7-3-2-6-22(23)26(30(27)17-19-8-13-24-25(16-19)35-18-34-24)28-20-9-11-21(12-10-20)36(32,33)29-14-4-1-5-15-29/h2-3,6-13,16,26,28H,1,4-5,14-15,17-18H2/t26-/m0/s1. The zero-order valence-corrected chi connectivity index (χ0v) is 20.5. The second-order valence-electron chi connectivity index (χ2n) is 9.24. The topological polar surface area (TPSA) is 88.2 Å². The lowest BCUT2D eigenvalue weighted by Gasteiger charge is -2.28. The molecule has 0 saturated carbocycles. The van der Waals surface area contributed by atoms with Crippen molar-refractivity contribution in [1.29, 1.82) is 0 Å². The van der Waals surface area contributed by atoms with Crippen LogP contribution in [0.3, 0.4) is 0 Å². The van der Waals surface area contributed by atoms with Crippen LogP contribution >= 0.6 is 0 Å². The van der Waals surface area contributed by atoms with Gasteiger partial charge in [0.1, 0.15) is 6.17 Å². The van der Waals surface area contributed by atoms with E-state index in [0.717, 1.165) is 36.1 Å². The highest BCUT2D eigenvalue weighted by molar-refractivity contribution is 7.89. The van der Waals surface area contributed by atoms with Crippen molar-refractivity contribution in [3.05, 3.63) is 83.4 Å². The van der Waals surface area contributed by atoms with Gasteiger partial charge in [0.25, 0.3) is 5.91 Å². The number of ether oxygens (including phenoxy) is 2. The average Bonchev–Trinajstić information content (AvgIpc) is 3.48. The maximum absolute atomic E-state index is 13.3. The summed E-state index contributed by atoms with van der Waals surface area (Å²) in [6, 6.07) is 20.0. The minimum atomic E-state index is -3.50. The van der Waals surface area contributed by atoms with Crippen LogP contribution in [0.4, 0.5) is 5.69 Å². The molecule has 8 nitrogen and oxygen atoms in total. The van der Waals surface area contributed by atoms with Crippen LogP contribution in [0, 0.1) is 0 Å². The Morgan fingerprint density at radius 1 is 0.889 bits per heavy atom. The molecule has 6 rings (SSSR count). The summed E-state index contributed by atoms with van der Waals surface area (Å²) in [5, 5.41) is 3.45. The van der Waals surface area contributed by atoms with Gasteiger partial charge < -0.3 is 19.7 Å². The van der Waals surface area contributed by atoms with Gasteiger partial charge in [0.2, 0.25) is 16.8 Å². The molecule has 9 heteroatoms. The molecule has 3 aliphatic rings. The third kappa shape index (κ3) is 4.08. The van der Waals surface area contributed by atoms with E-state index in [1.807, 2.05) is 42.5 Å². The van der Waals surface area contributed by atoms with Crippen molar-refractivity contribution in [2.45, 2.75) is 36.9 Å². The van der Waals surface area contributed by atoms with Gasteiger partial charge in [0, 0.05) is 36.4 Å². The fraction of sp³-hybridized carbons (Fsp3) is 0.296. The Hall–Kier alpha value is -3.56. The van der Waals surface area contributed by atoms with Crippen LogP contribution in [-0.2, 0) is 16.6 Å². The molecule has 0 aliphatic carbocycles. The highest BCUT2D eigenvalue weighted by Crippen LogP contribution is 2.38. The molecule has 0 aromatic heterocycles. The number of piperidine rings is 1. The Morgan fingerprint density at radius 3 is 2.44 bits per heavy atom. The SMILES string of the molecule is O=C1c2ccccc2[C@@H](Nc2ccc(S(=O)(=O)N3CCCCC3)cc2)N1Cc1ccc2c(c1)OCO2. The van der Waals surface area contributed by atoms with E-state index < -0.39 is 16.2 Å². The van der Waals surface area contributed by atoms with Crippen LogP contribution in [0.15, 0.2) is 71.6 Å². The van der Waals surface area contributed by atoms with E-state index in [0.29, 0.717) is 36.7 Å². The van der Waals surface area contributed by atoms with Gasteiger partial charge >= 0.3 is 0 Å². The maximum Gasteiger partial charge on any atom is 0.256 e. The number of anilines is 1. The number of nitrogens with zero attached hydrogens (tertiary/aromatic N) is 2. The maximum atomic E-state index is 13.3. The second-order valence-corrected chi connectivity index (χ2v) is 11.2. The summed E-state index contributed by atoms with van der Waals surface area (Å²) in [7, 11) is -3.50. The van der Waals surface area contributed by atoms with Gasteiger partial charge in [-0.2, -0.15) is 4.31 Å². The summed E-state index contributed by atoms with van der Waals surface area (Å²) < 4.78 is 38.5. The predicted molar refractivity (Wildman–Crippen MR) is 134 cm³/mol.